The van der Waals surface area contributed by atoms with Crippen molar-refractivity contribution in [2.24, 2.45) is 0 Å². The molecule has 1 unspecified atom stereocenters. The Morgan fingerprint density at radius 2 is 1.87 bits per heavy atom. The van der Waals surface area contributed by atoms with E-state index in [9.17, 15) is 13.2 Å². The van der Waals surface area contributed by atoms with Crippen molar-refractivity contribution in [1.82, 2.24) is 14.7 Å². The number of piperazine rings is 1. The fourth-order valence-corrected chi connectivity index (χ4v) is 6.35. The second-order valence-electron chi connectivity index (χ2n) is 8.19. The molecule has 9 heteroatoms. The van der Waals surface area contributed by atoms with Crippen molar-refractivity contribution in [2.45, 2.75) is 26.3 Å². The summed E-state index contributed by atoms with van der Waals surface area (Å²) in [5.41, 5.74) is 3.78. The third kappa shape index (κ3) is 4.65. The lowest BCUT2D eigenvalue weighted by atomic mass is 10.2. The molecule has 0 N–H and O–H groups in total. The summed E-state index contributed by atoms with van der Waals surface area (Å²) in [7, 11) is -2.97. The Balaban J connectivity index is 1.41. The van der Waals surface area contributed by atoms with E-state index in [2.05, 4.69) is 10.00 Å². The molecule has 0 spiro atoms. The largest absolute Gasteiger partial charge is 0.365 e. The highest BCUT2D eigenvalue weighted by Crippen LogP contribution is 2.31. The smallest absolute Gasteiger partial charge is 0.246 e. The van der Waals surface area contributed by atoms with E-state index in [1.165, 1.54) is 0 Å². The number of aromatic nitrogens is 2. The standard InChI is InChI=1S/C22H27ClN4O3S/c1-16-22(17(2)27(24-16)19-9-14-31(29,30)15-19)26-12-10-25(11-13-26)21(28)8-7-18-5-3-4-6-20(18)23/h3-8,19H,9-15H2,1-2H3. The third-order valence-corrected chi connectivity index (χ3v) is 8.15. The molecule has 2 aromatic rings. The first-order valence-electron chi connectivity index (χ1n) is 10.5. The van der Waals surface area contributed by atoms with Gasteiger partial charge in [0.15, 0.2) is 9.84 Å². The van der Waals surface area contributed by atoms with E-state index in [4.69, 9.17) is 11.6 Å². The van der Waals surface area contributed by atoms with Gasteiger partial charge in [-0.2, -0.15) is 5.10 Å². The molecule has 7 nitrogen and oxygen atoms in total. The molecule has 2 saturated heterocycles. The van der Waals surface area contributed by atoms with Gasteiger partial charge in [-0.25, -0.2) is 8.42 Å². The van der Waals surface area contributed by atoms with Gasteiger partial charge in [0.2, 0.25) is 5.91 Å². The van der Waals surface area contributed by atoms with Gasteiger partial charge in [0, 0.05) is 37.3 Å². The number of nitrogens with zero attached hydrogens (tertiary/aromatic N) is 4. The van der Waals surface area contributed by atoms with Gasteiger partial charge >= 0.3 is 0 Å². The zero-order valence-corrected chi connectivity index (χ0v) is 19.4. The molecule has 1 aromatic heterocycles. The van der Waals surface area contributed by atoms with Crippen LogP contribution in [0.4, 0.5) is 5.69 Å². The van der Waals surface area contributed by atoms with Crippen LogP contribution >= 0.6 is 11.6 Å². The van der Waals surface area contributed by atoms with Crippen molar-refractivity contribution in [3.8, 4) is 0 Å². The number of hydrogen-bond acceptors (Lipinski definition) is 5. The van der Waals surface area contributed by atoms with Crippen LogP contribution in [0.3, 0.4) is 0 Å². The van der Waals surface area contributed by atoms with Crippen LogP contribution in [-0.2, 0) is 14.6 Å². The molecule has 3 heterocycles. The van der Waals surface area contributed by atoms with Crippen molar-refractivity contribution >= 4 is 39.1 Å². The van der Waals surface area contributed by atoms with Crippen LogP contribution in [0.2, 0.25) is 5.02 Å². The lowest BCUT2D eigenvalue weighted by Gasteiger charge is -2.35. The summed E-state index contributed by atoms with van der Waals surface area (Å²) in [6, 6.07) is 7.34. The molecule has 0 saturated carbocycles. The van der Waals surface area contributed by atoms with Crippen LogP contribution < -0.4 is 4.90 Å². The van der Waals surface area contributed by atoms with E-state index in [1.54, 1.807) is 18.2 Å². The molecule has 4 rings (SSSR count). The second kappa shape index (κ2) is 8.67. The summed E-state index contributed by atoms with van der Waals surface area (Å²) in [6.07, 6.45) is 3.95. The van der Waals surface area contributed by atoms with Gasteiger partial charge in [-0.1, -0.05) is 29.8 Å². The summed E-state index contributed by atoms with van der Waals surface area (Å²) in [4.78, 5) is 16.7. The van der Waals surface area contributed by atoms with Crippen LogP contribution in [0.1, 0.15) is 29.4 Å². The Morgan fingerprint density at radius 1 is 1.16 bits per heavy atom. The first-order chi connectivity index (χ1) is 14.7. The number of sulfone groups is 1. The minimum absolute atomic E-state index is 0.0279. The Labute approximate surface area is 188 Å². The summed E-state index contributed by atoms with van der Waals surface area (Å²) in [6.45, 7) is 6.63. The SMILES string of the molecule is Cc1nn(C2CCS(=O)(=O)C2)c(C)c1N1CCN(C(=O)C=Cc2ccccc2Cl)CC1. The van der Waals surface area contributed by atoms with E-state index < -0.39 is 9.84 Å². The lowest BCUT2D eigenvalue weighted by Crippen LogP contribution is -2.48. The number of aryl methyl sites for hydroxylation is 1. The van der Waals surface area contributed by atoms with Crippen molar-refractivity contribution in [1.29, 1.82) is 0 Å². The highest BCUT2D eigenvalue weighted by Gasteiger charge is 2.33. The summed E-state index contributed by atoms with van der Waals surface area (Å²) in [5.74, 6) is 0.363. The minimum atomic E-state index is -2.97. The molecule has 2 fully saturated rings. The summed E-state index contributed by atoms with van der Waals surface area (Å²) >= 11 is 6.15. The van der Waals surface area contributed by atoms with Crippen LogP contribution in [0, 0.1) is 13.8 Å². The molecule has 0 aliphatic carbocycles. The Bertz CT molecular complexity index is 1120. The van der Waals surface area contributed by atoms with Crippen LogP contribution in [0.25, 0.3) is 6.08 Å². The first-order valence-corrected chi connectivity index (χ1v) is 12.7. The highest BCUT2D eigenvalue weighted by atomic mass is 35.5. The zero-order chi connectivity index (χ0) is 22.2. The molecule has 1 atom stereocenters. The predicted molar refractivity (Wildman–Crippen MR) is 123 cm³/mol. The Morgan fingerprint density at radius 3 is 2.52 bits per heavy atom. The Kier molecular flexibility index (Phi) is 6.12. The minimum Gasteiger partial charge on any atom is -0.365 e. The van der Waals surface area contributed by atoms with Crippen molar-refractivity contribution in [3.63, 3.8) is 0 Å². The van der Waals surface area contributed by atoms with Crippen LogP contribution in [0.15, 0.2) is 30.3 Å². The molecule has 2 aliphatic rings. The van der Waals surface area contributed by atoms with Gasteiger partial charge in [0.1, 0.15) is 0 Å². The number of rotatable bonds is 4. The van der Waals surface area contributed by atoms with Crippen LogP contribution in [0.5, 0.6) is 0 Å². The monoisotopic (exact) mass is 462 g/mol. The number of halogens is 1. The molecule has 0 bridgehead atoms. The van der Waals surface area contributed by atoms with E-state index in [-0.39, 0.29) is 23.5 Å². The van der Waals surface area contributed by atoms with Gasteiger partial charge < -0.3 is 9.80 Å². The fourth-order valence-electron chi connectivity index (χ4n) is 4.46. The van der Waals surface area contributed by atoms with Crippen molar-refractivity contribution < 1.29 is 13.2 Å². The molecule has 1 amide bonds. The highest BCUT2D eigenvalue weighted by molar-refractivity contribution is 7.91. The summed E-state index contributed by atoms with van der Waals surface area (Å²) in [5, 5.41) is 5.28. The quantitative estimate of drug-likeness (QED) is 0.653. The molecule has 2 aliphatic heterocycles. The van der Waals surface area contributed by atoms with Gasteiger partial charge in [0.25, 0.3) is 0 Å². The number of carbonyl (C=O) groups is 1. The maximum atomic E-state index is 12.6. The molecule has 166 valence electrons. The lowest BCUT2D eigenvalue weighted by molar-refractivity contribution is -0.126. The zero-order valence-electron chi connectivity index (χ0n) is 17.8. The molecular weight excluding hydrogens is 436 g/mol. The number of hydrogen-bond donors (Lipinski definition) is 0. The second-order valence-corrected chi connectivity index (χ2v) is 10.8. The van der Waals surface area contributed by atoms with Gasteiger partial charge in [0.05, 0.1) is 34.6 Å². The number of carbonyl (C=O) groups excluding carboxylic acids is 1. The van der Waals surface area contributed by atoms with E-state index in [0.29, 0.717) is 37.6 Å². The summed E-state index contributed by atoms with van der Waals surface area (Å²) < 4.78 is 25.6. The topological polar surface area (TPSA) is 75.5 Å². The average Bonchev–Trinajstić information content (AvgIpc) is 3.25. The molecule has 31 heavy (non-hydrogen) atoms. The molecule has 1 aromatic carbocycles. The maximum absolute atomic E-state index is 12.6. The van der Waals surface area contributed by atoms with Crippen molar-refractivity contribution in [3.05, 3.63) is 52.3 Å². The van der Waals surface area contributed by atoms with E-state index in [0.717, 1.165) is 22.6 Å². The third-order valence-electron chi connectivity index (χ3n) is 6.06. The maximum Gasteiger partial charge on any atom is 0.246 e. The predicted octanol–water partition coefficient (Wildman–Crippen LogP) is 2.87. The first kappa shape index (κ1) is 21.9. The Hall–Kier alpha value is -2.32. The van der Waals surface area contributed by atoms with E-state index in [1.807, 2.05) is 41.6 Å². The fraction of sp³-hybridized carbons (Fsp3) is 0.455. The number of benzene rings is 1. The van der Waals surface area contributed by atoms with Gasteiger partial charge in [-0.3, -0.25) is 9.48 Å². The molecule has 0 radical (unpaired) electrons. The number of anilines is 1. The molecular formula is C22H27ClN4O3S. The van der Waals surface area contributed by atoms with Gasteiger partial charge in [-0.05, 0) is 38.0 Å². The van der Waals surface area contributed by atoms with Gasteiger partial charge in [-0.15, -0.1) is 0 Å². The number of amides is 1. The van der Waals surface area contributed by atoms with E-state index >= 15 is 0 Å². The average molecular weight is 463 g/mol. The normalized spacial score (nSPS) is 21.2. The van der Waals surface area contributed by atoms with Crippen LogP contribution in [-0.4, -0.2) is 66.7 Å². The van der Waals surface area contributed by atoms with Crippen molar-refractivity contribution in [2.75, 3.05) is 42.6 Å².